The Labute approximate surface area is 91.2 Å². The van der Waals surface area contributed by atoms with Gasteiger partial charge in [-0.05, 0) is 32.9 Å². The highest BCUT2D eigenvalue weighted by Gasteiger charge is 2.09. The Hall–Kier alpha value is -1.57. The smallest absolute Gasteiger partial charge is 0.250 e. The molecule has 0 aliphatic rings. The lowest BCUT2D eigenvalue weighted by molar-refractivity contribution is -0.114. The van der Waals surface area contributed by atoms with E-state index in [2.05, 4.69) is 0 Å². The van der Waals surface area contributed by atoms with Gasteiger partial charge in [-0.15, -0.1) is 0 Å². The van der Waals surface area contributed by atoms with Gasteiger partial charge in [0.25, 0.3) is 5.91 Å². The van der Waals surface area contributed by atoms with E-state index in [1.165, 1.54) is 0 Å². The number of allylic oxidation sites excluding steroid dienone is 1. The normalized spacial score (nSPS) is 9.53. The van der Waals surface area contributed by atoms with Crippen LogP contribution in [0.2, 0.25) is 0 Å². The average Bonchev–Trinajstić information content (AvgIpc) is 2.19. The molecule has 2 heteroatoms. The van der Waals surface area contributed by atoms with Crippen LogP contribution >= 0.6 is 0 Å². The van der Waals surface area contributed by atoms with Crippen molar-refractivity contribution >= 4 is 11.6 Å². The van der Waals surface area contributed by atoms with Crippen LogP contribution in [0.25, 0.3) is 0 Å². The van der Waals surface area contributed by atoms with Gasteiger partial charge in [0, 0.05) is 18.3 Å². The summed E-state index contributed by atoms with van der Waals surface area (Å²) in [4.78, 5) is 13.6. The fourth-order valence-corrected chi connectivity index (χ4v) is 1.40. The van der Waals surface area contributed by atoms with Crippen LogP contribution in [-0.2, 0) is 4.79 Å². The molecule has 0 aromatic heterocycles. The highest BCUT2D eigenvalue weighted by atomic mass is 16.2. The van der Waals surface area contributed by atoms with Crippen LogP contribution in [0.4, 0.5) is 5.69 Å². The summed E-state index contributed by atoms with van der Waals surface area (Å²) >= 11 is 0. The molecule has 15 heavy (non-hydrogen) atoms. The molecule has 0 radical (unpaired) electrons. The Kier molecular flexibility index (Phi) is 4.10. The molecule has 0 heterocycles. The van der Waals surface area contributed by atoms with E-state index in [4.69, 9.17) is 0 Å². The number of hydrogen-bond acceptors (Lipinski definition) is 1. The number of hydrogen-bond donors (Lipinski definition) is 0. The summed E-state index contributed by atoms with van der Waals surface area (Å²) in [5, 5.41) is 0. The van der Waals surface area contributed by atoms with Crippen LogP contribution in [0.15, 0.2) is 42.0 Å². The van der Waals surface area contributed by atoms with Crippen molar-refractivity contribution in [2.75, 3.05) is 11.4 Å². The molecule has 0 fully saturated rings. The highest BCUT2D eigenvalue weighted by Crippen LogP contribution is 2.13. The topological polar surface area (TPSA) is 20.3 Å². The van der Waals surface area contributed by atoms with E-state index in [0.29, 0.717) is 6.54 Å². The van der Waals surface area contributed by atoms with Crippen LogP contribution in [0.3, 0.4) is 0 Å². The number of carbonyl (C=O) groups is 1. The highest BCUT2D eigenvalue weighted by molar-refractivity contribution is 6.01. The number of para-hydroxylation sites is 1. The number of nitrogens with zero attached hydrogens (tertiary/aromatic N) is 1. The molecule has 1 aromatic carbocycles. The zero-order valence-electron chi connectivity index (χ0n) is 9.53. The fourth-order valence-electron chi connectivity index (χ4n) is 1.40. The Morgan fingerprint density at radius 2 is 1.87 bits per heavy atom. The van der Waals surface area contributed by atoms with E-state index >= 15 is 0 Å². The molecule has 0 spiro atoms. The predicted molar refractivity (Wildman–Crippen MR) is 63.9 cm³/mol. The number of amides is 1. The molecule has 0 saturated carbocycles. The maximum atomic E-state index is 11.8. The van der Waals surface area contributed by atoms with Gasteiger partial charge in [0.2, 0.25) is 0 Å². The second-order valence-electron chi connectivity index (χ2n) is 3.64. The molecule has 0 bridgehead atoms. The van der Waals surface area contributed by atoms with E-state index < -0.39 is 0 Å². The van der Waals surface area contributed by atoms with E-state index in [9.17, 15) is 4.79 Å². The molecule has 1 rings (SSSR count). The zero-order chi connectivity index (χ0) is 11.3. The van der Waals surface area contributed by atoms with E-state index in [0.717, 1.165) is 11.3 Å². The van der Waals surface area contributed by atoms with Gasteiger partial charge < -0.3 is 4.90 Å². The van der Waals surface area contributed by atoms with Gasteiger partial charge in [0.05, 0.1) is 0 Å². The second-order valence-corrected chi connectivity index (χ2v) is 3.64. The van der Waals surface area contributed by atoms with Crippen molar-refractivity contribution in [3.63, 3.8) is 0 Å². The lowest BCUT2D eigenvalue weighted by Crippen LogP contribution is -2.28. The van der Waals surface area contributed by atoms with E-state index in [1.807, 2.05) is 51.1 Å². The van der Waals surface area contributed by atoms with Gasteiger partial charge in [-0.1, -0.05) is 23.8 Å². The first-order chi connectivity index (χ1) is 7.15. The first-order valence-electron chi connectivity index (χ1n) is 5.16. The summed E-state index contributed by atoms with van der Waals surface area (Å²) in [6.07, 6.45) is 1.66. The van der Waals surface area contributed by atoms with Crippen molar-refractivity contribution < 1.29 is 4.79 Å². The number of rotatable bonds is 3. The Morgan fingerprint density at radius 1 is 1.27 bits per heavy atom. The summed E-state index contributed by atoms with van der Waals surface area (Å²) in [6.45, 7) is 6.52. The molecular weight excluding hydrogens is 186 g/mol. The van der Waals surface area contributed by atoms with Crippen LogP contribution in [0.1, 0.15) is 20.8 Å². The molecule has 0 aliphatic heterocycles. The average molecular weight is 203 g/mol. The minimum Gasteiger partial charge on any atom is -0.309 e. The predicted octanol–water partition coefficient (Wildman–Crippen LogP) is 3.01. The summed E-state index contributed by atoms with van der Waals surface area (Å²) in [5.41, 5.74) is 1.97. The Morgan fingerprint density at radius 3 is 2.33 bits per heavy atom. The van der Waals surface area contributed by atoms with Crippen LogP contribution < -0.4 is 4.90 Å². The van der Waals surface area contributed by atoms with E-state index in [1.54, 1.807) is 11.0 Å². The summed E-state index contributed by atoms with van der Waals surface area (Å²) in [7, 11) is 0. The zero-order valence-corrected chi connectivity index (χ0v) is 9.53. The number of benzene rings is 1. The van der Waals surface area contributed by atoms with Crippen LogP contribution in [0.5, 0.6) is 0 Å². The van der Waals surface area contributed by atoms with Crippen molar-refractivity contribution in [1.82, 2.24) is 0 Å². The monoisotopic (exact) mass is 203 g/mol. The Balaban J connectivity index is 2.90. The molecular formula is C13H17NO. The molecule has 0 aliphatic carbocycles. The third-order valence-corrected chi connectivity index (χ3v) is 2.06. The minimum absolute atomic E-state index is 0.0451. The molecule has 0 N–H and O–H groups in total. The van der Waals surface area contributed by atoms with Crippen molar-refractivity contribution in [3.05, 3.63) is 42.0 Å². The van der Waals surface area contributed by atoms with Gasteiger partial charge in [-0.3, -0.25) is 4.79 Å². The third-order valence-electron chi connectivity index (χ3n) is 2.06. The molecule has 2 nitrogen and oxygen atoms in total. The standard InChI is InChI=1S/C13H17NO/c1-4-14(13(15)10-11(2)3)12-8-6-5-7-9-12/h5-10H,4H2,1-3H3. The van der Waals surface area contributed by atoms with Crippen LogP contribution in [0, 0.1) is 0 Å². The molecule has 80 valence electrons. The van der Waals surface area contributed by atoms with Gasteiger partial charge in [0.15, 0.2) is 0 Å². The summed E-state index contributed by atoms with van der Waals surface area (Å²) < 4.78 is 0. The number of carbonyl (C=O) groups excluding carboxylic acids is 1. The first-order valence-corrected chi connectivity index (χ1v) is 5.16. The third kappa shape index (κ3) is 3.24. The fraction of sp³-hybridized carbons (Fsp3) is 0.308. The number of likely N-dealkylation sites (N-methyl/N-ethyl adjacent to an activating group) is 1. The molecule has 0 unspecified atom stereocenters. The lowest BCUT2D eigenvalue weighted by atomic mass is 10.2. The first kappa shape index (κ1) is 11.5. The number of anilines is 1. The second kappa shape index (κ2) is 5.35. The largest absolute Gasteiger partial charge is 0.309 e. The van der Waals surface area contributed by atoms with E-state index in [-0.39, 0.29) is 5.91 Å². The minimum atomic E-state index is 0.0451. The molecule has 0 saturated heterocycles. The molecule has 0 atom stereocenters. The van der Waals surface area contributed by atoms with Gasteiger partial charge >= 0.3 is 0 Å². The van der Waals surface area contributed by atoms with Gasteiger partial charge in [0.1, 0.15) is 0 Å². The Bertz CT molecular complexity index is 350. The van der Waals surface area contributed by atoms with Crippen molar-refractivity contribution in [1.29, 1.82) is 0 Å². The SMILES string of the molecule is CCN(C(=O)C=C(C)C)c1ccccc1. The quantitative estimate of drug-likeness (QED) is 0.691. The summed E-state index contributed by atoms with van der Waals surface area (Å²) in [6, 6.07) is 9.71. The van der Waals surface area contributed by atoms with Crippen molar-refractivity contribution in [2.24, 2.45) is 0 Å². The maximum Gasteiger partial charge on any atom is 0.250 e. The van der Waals surface area contributed by atoms with Crippen molar-refractivity contribution in [2.45, 2.75) is 20.8 Å². The molecule has 1 aromatic rings. The molecule has 1 amide bonds. The van der Waals surface area contributed by atoms with Gasteiger partial charge in [-0.25, -0.2) is 0 Å². The van der Waals surface area contributed by atoms with Crippen LogP contribution in [-0.4, -0.2) is 12.5 Å². The lowest BCUT2D eigenvalue weighted by Gasteiger charge is -2.19. The van der Waals surface area contributed by atoms with Crippen molar-refractivity contribution in [3.8, 4) is 0 Å². The summed E-state index contributed by atoms with van der Waals surface area (Å²) in [5.74, 6) is 0.0451. The maximum absolute atomic E-state index is 11.8. The van der Waals surface area contributed by atoms with Gasteiger partial charge in [-0.2, -0.15) is 0 Å².